The van der Waals surface area contributed by atoms with Gasteiger partial charge < -0.3 is 10.5 Å². The number of ether oxygens (including phenoxy) is 1. The van der Waals surface area contributed by atoms with E-state index in [1.165, 1.54) is 12.8 Å². The molecular formula is C10H22N2O. The van der Waals surface area contributed by atoms with Crippen LogP contribution < -0.4 is 5.73 Å². The molecule has 1 rings (SSSR count). The third-order valence-corrected chi connectivity index (χ3v) is 3.29. The summed E-state index contributed by atoms with van der Waals surface area (Å²) in [5, 5.41) is 0. The molecule has 0 amide bonds. The second-order valence-electron chi connectivity index (χ2n) is 4.06. The highest BCUT2D eigenvalue weighted by Crippen LogP contribution is 2.32. The Labute approximate surface area is 81.2 Å². The van der Waals surface area contributed by atoms with Gasteiger partial charge in [-0.15, -0.1) is 0 Å². The first-order valence-corrected chi connectivity index (χ1v) is 5.12. The number of methoxy groups -OCH3 is 1. The Bertz CT molecular complexity index is 153. The van der Waals surface area contributed by atoms with E-state index in [4.69, 9.17) is 10.5 Å². The van der Waals surface area contributed by atoms with Crippen LogP contribution in [-0.4, -0.2) is 43.8 Å². The van der Waals surface area contributed by atoms with Gasteiger partial charge in [0, 0.05) is 19.7 Å². The number of nitrogens with zero attached hydrogens (tertiary/aromatic N) is 1. The van der Waals surface area contributed by atoms with Gasteiger partial charge in [-0.2, -0.15) is 0 Å². The van der Waals surface area contributed by atoms with E-state index in [2.05, 4.69) is 18.9 Å². The number of rotatable bonds is 6. The van der Waals surface area contributed by atoms with Gasteiger partial charge in [0.15, 0.2) is 0 Å². The van der Waals surface area contributed by atoms with Crippen LogP contribution in [0.5, 0.6) is 0 Å². The van der Waals surface area contributed by atoms with Crippen LogP contribution in [-0.2, 0) is 4.74 Å². The van der Waals surface area contributed by atoms with Gasteiger partial charge in [-0.05, 0) is 26.3 Å². The molecular weight excluding hydrogens is 164 g/mol. The van der Waals surface area contributed by atoms with Crippen molar-refractivity contribution in [3.05, 3.63) is 0 Å². The molecule has 0 aromatic carbocycles. The van der Waals surface area contributed by atoms with Crippen molar-refractivity contribution in [2.45, 2.75) is 37.8 Å². The van der Waals surface area contributed by atoms with E-state index in [9.17, 15) is 0 Å². The summed E-state index contributed by atoms with van der Waals surface area (Å²) in [6.07, 6.45) is 3.70. The quantitative estimate of drug-likeness (QED) is 0.668. The predicted octanol–water partition coefficient (Wildman–Crippen LogP) is 0.834. The fourth-order valence-electron chi connectivity index (χ4n) is 1.92. The van der Waals surface area contributed by atoms with E-state index in [1.807, 2.05) is 0 Å². The molecule has 1 aliphatic rings. The smallest absolute Gasteiger partial charge is 0.0658 e. The molecule has 1 unspecified atom stereocenters. The lowest BCUT2D eigenvalue weighted by Crippen LogP contribution is -2.55. The monoisotopic (exact) mass is 186 g/mol. The molecule has 1 saturated carbocycles. The van der Waals surface area contributed by atoms with Crippen LogP contribution in [0.15, 0.2) is 0 Å². The summed E-state index contributed by atoms with van der Waals surface area (Å²) in [7, 11) is 3.92. The number of hydrogen-bond acceptors (Lipinski definition) is 3. The summed E-state index contributed by atoms with van der Waals surface area (Å²) in [5.74, 6) is 0. The van der Waals surface area contributed by atoms with Gasteiger partial charge in [0.2, 0.25) is 0 Å². The maximum absolute atomic E-state index is 5.85. The van der Waals surface area contributed by atoms with Crippen molar-refractivity contribution in [2.24, 2.45) is 5.73 Å². The molecule has 1 aliphatic carbocycles. The first-order chi connectivity index (χ1) is 6.20. The molecule has 0 heterocycles. The average Bonchev–Trinajstić information content (AvgIpc) is 2.96. The Morgan fingerprint density at radius 3 is 2.46 bits per heavy atom. The first kappa shape index (κ1) is 11.0. The maximum Gasteiger partial charge on any atom is 0.0658 e. The van der Waals surface area contributed by atoms with Gasteiger partial charge in [-0.25, -0.2) is 0 Å². The summed E-state index contributed by atoms with van der Waals surface area (Å²) >= 11 is 0. The van der Waals surface area contributed by atoms with Crippen LogP contribution in [0.3, 0.4) is 0 Å². The molecule has 2 N–H and O–H groups in total. The van der Waals surface area contributed by atoms with Crippen molar-refractivity contribution in [2.75, 3.05) is 27.3 Å². The fourth-order valence-corrected chi connectivity index (χ4v) is 1.92. The zero-order valence-electron chi connectivity index (χ0n) is 9.05. The summed E-state index contributed by atoms with van der Waals surface area (Å²) < 4.78 is 5.27. The molecule has 0 spiro atoms. The van der Waals surface area contributed by atoms with Crippen LogP contribution in [0.4, 0.5) is 0 Å². The maximum atomic E-state index is 5.85. The SMILES string of the molecule is CCC(CN)(COC)N(C)C1CC1. The third-order valence-electron chi connectivity index (χ3n) is 3.29. The molecule has 3 heteroatoms. The minimum Gasteiger partial charge on any atom is -0.383 e. The highest BCUT2D eigenvalue weighted by molar-refractivity contribution is 4.96. The molecule has 0 radical (unpaired) electrons. The van der Waals surface area contributed by atoms with Crippen molar-refractivity contribution >= 4 is 0 Å². The van der Waals surface area contributed by atoms with E-state index >= 15 is 0 Å². The highest BCUT2D eigenvalue weighted by Gasteiger charge is 2.39. The molecule has 1 fully saturated rings. The zero-order chi connectivity index (χ0) is 9.90. The Hall–Kier alpha value is -0.120. The van der Waals surface area contributed by atoms with E-state index in [0.29, 0.717) is 6.54 Å². The standard InChI is InChI=1S/C10H22N2O/c1-4-10(7-11,8-13-3)12(2)9-5-6-9/h9H,4-8,11H2,1-3H3. The van der Waals surface area contributed by atoms with E-state index in [-0.39, 0.29) is 5.54 Å². The zero-order valence-corrected chi connectivity index (χ0v) is 9.05. The van der Waals surface area contributed by atoms with E-state index < -0.39 is 0 Å². The topological polar surface area (TPSA) is 38.5 Å². The summed E-state index contributed by atoms with van der Waals surface area (Å²) in [4.78, 5) is 2.41. The second kappa shape index (κ2) is 4.40. The molecule has 1 atom stereocenters. The average molecular weight is 186 g/mol. The molecule has 0 saturated heterocycles. The van der Waals surface area contributed by atoms with E-state index in [1.54, 1.807) is 7.11 Å². The molecule has 13 heavy (non-hydrogen) atoms. The van der Waals surface area contributed by atoms with Crippen LogP contribution in [0.1, 0.15) is 26.2 Å². The van der Waals surface area contributed by atoms with Gasteiger partial charge in [-0.3, -0.25) is 4.90 Å². The number of hydrogen-bond donors (Lipinski definition) is 1. The van der Waals surface area contributed by atoms with Crippen LogP contribution >= 0.6 is 0 Å². The van der Waals surface area contributed by atoms with Gasteiger partial charge in [0.1, 0.15) is 0 Å². The molecule has 0 aliphatic heterocycles. The molecule has 3 nitrogen and oxygen atoms in total. The number of nitrogens with two attached hydrogens (primary N) is 1. The Balaban J connectivity index is 2.61. The molecule has 0 aromatic heterocycles. The van der Waals surface area contributed by atoms with Crippen LogP contribution in [0.25, 0.3) is 0 Å². The lowest BCUT2D eigenvalue weighted by atomic mass is 9.95. The molecule has 0 aromatic rings. The van der Waals surface area contributed by atoms with Crippen molar-refractivity contribution in [1.82, 2.24) is 4.90 Å². The Morgan fingerprint density at radius 1 is 1.54 bits per heavy atom. The van der Waals surface area contributed by atoms with Gasteiger partial charge in [0.05, 0.1) is 12.1 Å². The Kier molecular flexibility index (Phi) is 3.71. The van der Waals surface area contributed by atoms with Crippen molar-refractivity contribution < 1.29 is 4.74 Å². The Morgan fingerprint density at radius 2 is 2.15 bits per heavy atom. The molecule has 78 valence electrons. The summed E-state index contributed by atoms with van der Waals surface area (Å²) in [5.41, 5.74) is 5.91. The lowest BCUT2D eigenvalue weighted by molar-refractivity contribution is 0.0232. The third kappa shape index (κ3) is 2.22. The summed E-state index contributed by atoms with van der Waals surface area (Å²) in [6, 6.07) is 0.749. The predicted molar refractivity (Wildman–Crippen MR) is 54.7 cm³/mol. The lowest BCUT2D eigenvalue weighted by Gasteiger charge is -2.40. The van der Waals surface area contributed by atoms with Crippen molar-refractivity contribution in [3.8, 4) is 0 Å². The van der Waals surface area contributed by atoms with Gasteiger partial charge in [-0.1, -0.05) is 6.92 Å². The molecule has 0 bridgehead atoms. The first-order valence-electron chi connectivity index (χ1n) is 5.12. The largest absolute Gasteiger partial charge is 0.383 e. The minimum absolute atomic E-state index is 0.0654. The minimum atomic E-state index is 0.0654. The van der Waals surface area contributed by atoms with Gasteiger partial charge in [0.25, 0.3) is 0 Å². The van der Waals surface area contributed by atoms with Crippen LogP contribution in [0.2, 0.25) is 0 Å². The second-order valence-corrected chi connectivity index (χ2v) is 4.06. The fraction of sp³-hybridized carbons (Fsp3) is 1.00. The van der Waals surface area contributed by atoms with E-state index in [0.717, 1.165) is 19.1 Å². The normalized spacial score (nSPS) is 21.9. The highest BCUT2D eigenvalue weighted by atomic mass is 16.5. The summed E-state index contributed by atoms with van der Waals surface area (Å²) in [6.45, 7) is 3.61. The van der Waals surface area contributed by atoms with Crippen molar-refractivity contribution in [1.29, 1.82) is 0 Å². The van der Waals surface area contributed by atoms with Crippen molar-refractivity contribution in [3.63, 3.8) is 0 Å². The number of likely N-dealkylation sites (N-methyl/N-ethyl adjacent to an activating group) is 1. The van der Waals surface area contributed by atoms with Crippen LogP contribution in [0, 0.1) is 0 Å². The van der Waals surface area contributed by atoms with Gasteiger partial charge >= 0.3 is 0 Å².